The van der Waals surface area contributed by atoms with Gasteiger partial charge in [-0.05, 0) is 29.7 Å². The molecule has 1 heterocycles. The van der Waals surface area contributed by atoms with Crippen molar-refractivity contribution < 1.29 is 29.1 Å². The lowest BCUT2D eigenvalue weighted by atomic mass is 10.0. The van der Waals surface area contributed by atoms with Crippen molar-refractivity contribution in [3.8, 4) is 0 Å². The van der Waals surface area contributed by atoms with Crippen molar-refractivity contribution in [2.75, 3.05) is 7.05 Å². The van der Waals surface area contributed by atoms with Gasteiger partial charge in [0.25, 0.3) is 0 Å². The van der Waals surface area contributed by atoms with Crippen LogP contribution < -0.4 is 16.0 Å². The molecule has 11 nitrogen and oxygen atoms in total. The fourth-order valence-electron chi connectivity index (χ4n) is 5.37. The van der Waals surface area contributed by atoms with Crippen molar-refractivity contribution in [1.82, 2.24) is 25.4 Å². The van der Waals surface area contributed by atoms with E-state index < -0.39 is 42.0 Å². The Balaban J connectivity index is 1.66. The highest BCUT2D eigenvalue weighted by Gasteiger charge is 2.33. The van der Waals surface area contributed by atoms with E-state index in [-0.39, 0.29) is 18.7 Å². The van der Waals surface area contributed by atoms with E-state index >= 15 is 0 Å². The summed E-state index contributed by atoms with van der Waals surface area (Å²) in [7, 11) is 1.66. The van der Waals surface area contributed by atoms with E-state index in [9.17, 15) is 29.1 Å². The van der Waals surface area contributed by atoms with Crippen LogP contribution in [0.5, 0.6) is 0 Å². The second-order valence-electron chi connectivity index (χ2n) is 11.3. The van der Waals surface area contributed by atoms with E-state index in [2.05, 4.69) is 16.0 Å². The number of rotatable bonds is 14. The van der Waals surface area contributed by atoms with Crippen molar-refractivity contribution in [2.24, 2.45) is 0 Å². The van der Waals surface area contributed by atoms with Crippen molar-refractivity contribution >= 4 is 40.9 Å². The third-order valence-corrected chi connectivity index (χ3v) is 7.65. The summed E-state index contributed by atoms with van der Waals surface area (Å²) in [6.07, 6.45) is 1.13. The molecule has 4 N–H and O–H groups in total. The molecule has 4 rings (SSSR count). The Hall–Kier alpha value is -5.29. The van der Waals surface area contributed by atoms with Gasteiger partial charge in [0, 0.05) is 44.9 Å². The first kappa shape index (κ1) is 33.6. The van der Waals surface area contributed by atoms with E-state index in [1.54, 1.807) is 37.5 Å². The highest BCUT2D eigenvalue weighted by molar-refractivity contribution is 5.95. The number of para-hydroxylation sites is 1. The number of carbonyl (C=O) groups excluding carboxylic acids is 5. The summed E-state index contributed by atoms with van der Waals surface area (Å²) in [6.45, 7) is 2.88. The molecule has 4 atom stereocenters. The fourth-order valence-corrected chi connectivity index (χ4v) is 5.37. The molecule has 0 radical (unpaired) electrons. The largest absolute Gasteiger partial charge is 0.391 e. The number of nitrogens with one attached hydrogen (secondary N) is 3. The average Bonchev–Trinajstić information content (AvgIpc) is 3.40. The highest BCUT2D eigenvalue weighted by atomic mass is 16.3. The highest BCUT2D eigenvalue weighted by Crippen LogP contribution is 2.22. The molecular formula is C35H39N5O6. The maximum absolute atomic E-state index is 14.1. The fraction of sp³-hybridized carbons (Fsp3) is 0.286. The van der Waals surface area contributed by atoms with Gasteiger partial charge in [0.15, 0.2) is 0 Å². The van der Waals surface area contributed by atoms with Gasteiger partial charge in [0.1, 0.15) is 18.1 Å². The molecule has 46 heavy (non-hydrogen) atoms. The molecule has 0 aliphatic heterocycles. The predicted octanol–water partition coefficient (Wildman–Crippen LogP) is 1.98. The first-order valence-corrected chi connectivity index (χ1v) is 15.0. The Labute approximate surface area is 267 Å². The normalized spacial score (nSPS) is 13.6. The summed E-state index contributed by atoms with van der Waals surface area (Å²) in [4.78, 5) is 66.4. The third kappa shape index (κ3) is 8.66. The van der Waals surface area contributed by atoms with Crippen LogP contribution in [0.25, 0.3) is 10.9 Å². The molecule has 3 aromatic carbocycles. The van der Waals surface area contributed by atoms with E-state index in [1.807, 2.05) is 60.7 Å². The van der Waals surface area contributed by atoms with Gasteiger partial charge in [-0.25, -0.2) is 0 Å². The Bertz CT molecular complexity index is 1670. The first-order valence-electron chi connectivity index (χ1n) is 15.0. The molecule has 240 valence electrons. The molecule has 0 spiro atoms. The number of carbonyl (C=O) groups is 5. The molecule has 0 bridgehead atoms. The van der Waals surface area contributed by atoms with Gasteiger partial charge in [-0.2, -0.15) is 0 Å². The zero-order valence-electron chi connectivity index (χ0n) is 26.1. The van der Waals surface area contributed by atoms with Crippen LogP contribution in [-0.4, -0.2) is 75.9 Å². The van der Waals surface area contributed by atoms with Crippen LogP contribution in [0.15, 0.2) is 91.1 Å². The Morgan fingerprint density at radius 3 is 2.00 bits per heavy atom. The van der Waals surface area contributed by atoms with Gasteiger partial charge >= 0.3 is 0 Å². The van der Waals surface area contributed by atoms with E-state index in [0.29, 0.717) is 29.4 Å². The van der Waals surface area contributed by atoms with Crippen LogP contribution in [0, 0.1) is 0 Å². The molecule has 0 fully saturated rings. The molecule has 4 amide bonds. The van der Waals surface area contributed by atoms with E-state index in [1.165, 1.54) is 23.3 Å². The van der Waals surface area contributed by atoms with E-state index in [0.717, 1.165) is 11.1 Å². The van der Waals surface area contributed by atoms with Gasteiger partial charge in [0.2, 0.25) is 30.0 Å². The number of benzene rings is 3. The Kier molecular flexibility index (Phi) is 11.4. The average molecular weight is 626 g/mol. The lowest BCUT2D eigenvalue weighted by molar-refractivity contribution is -0.137. The summed E-state index contributed by atoms with van der Waals surface area (Å²) in [5.74, 6) is -2.29. The molecule has 0 saturated carbocycles. The van der Waals surface area contributed by atoms with E-state index in [4.69, 9.17) is 0 Å². The summed E-state index contributed by atoms with van der Waals surface area (Å²) in [5.41, 5.74) is 2.96. The number of aromatic nitrogens is 1. The number of aliphatic hydroxyl groups excluding tert-OH is 1. The molecule has 4 aromatic rings. The summed E-state index contributed by atoms with van der Waals surface area (Å²) in [5, 5.41) is 18.9. The number of likely N-dealkylation sites (N-methyl/N-ethyl adjacent to an activating group) is 1. The van der Waals surface area contributed by atoms with Gasteiger partial charge in [-0.1, -0.05) is 78.9 Å². The Morgan fingerprint density at radius 2 is 1.39 bits per heavy atom. The zero-order valence-corrected chi connectivity index (χ0v) is 26.1. The van der Waals surface area contributed by atoms with Crippen LogP contribution in [0.1, 0.15) is 30.5 Å². The number of nitrogens with zero attached hydrogens (tertiary/aromatic N) is 2. The first-order chi connectivity index (χ1) is 22.1. The molecular weight excluding hydrogens is 586 g/mol. The van der Waals surface area contributed by atoms with Crippen molar-refractivity contribution in [3.63, 3.8) is 0 Å². The minimum atomic E-state index is -1.33. The van der Waals surface area contributed by atoms with Gasteiger partial charge < -0.3 is 26.0 Å². The number of aliphatic hydroxyl groups is 1. The number of amides is 4. The van der Waals surface area contributed by atoms with Crippen LogP contribution >= 0.6 is 0 Å². The quantitative estimate of drug-likeness (QED) is 0.158. The van der Waals surface area contributed by atoms with Crippen molar-refractivity contribution in [1.29, 1.82) is 0 Å². The number of hydrogen-bond acceptors (Lipinski definition) is 6. The van der Waals surface area contributed by atoms with Gasteiger partial charge in [-0.3, -0.25) is 28.5 Å². The maximum atomic E-state index is 14.1. The number of hydrogen-bond donors (Lipinski definition) is 4. The van der Waals surface area contributed by atoms with Gasteiger partial charge in [0.05, 0.1) is 11.6 Å². The van der Waals surface area contributed by atoms with Crippen LogP contribution in [0.2, 0.25) is 0 Å². The van der Waals surface area contributed by atoms with Crippen LogP contribution in [0.4, 0.5) is 0 Å². The summed E-state index contributed by atoms with van der Waals surface area (Å²) < 4.78 is 1.39. The minimum absolute atomic E-state index is 0.0440. The molecule has 0 saturated heterocycles. The lowest BCUT2D eigenvalue weighted by Crippen LogP contribution is -2.59. The monoisotopic (exact) mass is 625 g/mol. The molecule has 1 aromatic heterocycles. The summed E-state index contributed by atoms with van der Waals surface area (Å²) >= 11 is 0. The molecule has 11 heteroatoms. The standard InChI is InChI=1S/C35H39N5O6/c1-23(42)32(36-24(2)43)34(45)37-29(19-27-21-40(22-41)31-17-11-10-16-28(27)31)33(44)38-30(18-25-12-6-4-7-13-25)35(46)39(3)20-26-14-8-5-9-15-26/h4-17,21-23,29-30,32,42H,18-20H2,1-3H3,(H,36,43)(H,37,45)(H,38,44)/t23-,29?,30+,32+/m1/s1. The smallest absolute Gasteiger partial charge is 0.245 e. The van der Waals surface area contributed by atoms with Crippen LogP contribution in [-0.2, 0) is 43.4 Å². The third-order valence-electron chi connectivity index (χ3n) is 7.65. The predicted molar refractivity (Wildman–Crippen MR) is 174 cm³/mol. The molecule has 1 unspecified atom stereocenters. The lowest BCUT2D eigenvalue weighted by Gasteiger charge is -2.28. The van der Waals surface area contributed by atoms with Crippen molar-refractivity contribution in [2.45, 2.75) is 57.5 Å². The maximum Gasteiger partial charge on any atom is 0.245 e. The second kappa shape index (κ2) is 15.6. The Morgan fingerprint density at radius 1 is 0.804 bits per heavy atom. The second-order valence-corrected chi connectivity index (χ2v) is 11.3. The summed E-state index contributed by atoms with van der Waals surface area (Å²) in [6, 6.07) is 22.3. The zero-order chi connectivity index (χ0) is 33.2. The van der Waals surface area contributed by atoms with Crippen molar-refractivity contribution in [3.05, 3.63) is 108 Å². The number of fused-ring (bicyclic) bond motifs is 1. The SMILES string of the molecule is CC(=O)N[C@H](C(=O)NC(Cc1cn(C=O)c2ccccc12)C(=O)N[C@@H](Cc1ccccc1)C(=O)N(C)Cc1ccccc1)[C@@H](C)O. The van der Waals surface area contributed by atoms with Gasteiger partial charge in [-0.15, -0.1) is 0 Å². The van der Waals surface area contributed by atoms with Crippen LogP contribution in [0.3, 0.4) is 0 Å². The molecule has 0 aliphatic rings. The molecule has 0 aliphatic carbocycles. The topological polar surface area (TPSA) is 150 Å². The minimum Gasteiger partial charge on any atom is -0.391 e.